The van der Waals surface area contributed by atoms with Crippen molar-refractivity contribution < 1.29 is 0 Å². The van der Waals surface area contributed by atoms with Gasteiger partial charge in [-0.05, 0) is 49.2 Å². The molecule has 0 amide bonds. The predicted molar refractivity (Wildman–Crippen MR) is 164 cm³/mol. The summed E-state index contributed by atoms with van der Waals surface area (Å²) in [6.07, 6.45) is 7.33. The quantitative estimate of drug-likeness (QED) is 0.135. The van der Waals surface area contributed by atoms with Crippen molar-refractivity contribution in [1.29, 1.82) is 0 Å². The third kappa shape index (κ3) is 4.92. The maximum absolute atomic E-state index is 6.03. The summed E-state index contributed by atoms with van der Waals surface area (Å²) in [5.74, 6) is 0. The molecule has 5 nitrogen and oxygen atoms in total. The Bertz CT molecular complexity index is 1640. The number of hydrogen-bond donors (Lipinski definition) is 4. The van der Waals surface area contributed by atoms with Crippen LogP contribution in [0.1, 0.15) is 24.5 Å². The molecule has 0 saturated heterocycles. The third-order valence-electron chi connectivity index (χ3n) is 7.15. The minimum Gasteiger partial charge on any atom is -0.379 e. The summed E-state index contributed by atoms with van der Waals surface area (Å²) in [4.78, 5) is 0. The molecule has 0 spiro atoms. The summed E-state index contributed by atoms with van der Waals surface area (Å²) in [6, 6.07) is 36.4. The van der Waals surface area contributed by atoms with Gasteiger partial charge in [0.25, 0.3) is 0 Å². The molecule has 5 heteroatoms. The molecule has 0 aliphatic heterocycles. The lowest BCUT2D eigenvalue weighted by atomic mass is 10.0. The van der Waals surface area contributed by atoms with Gasteiger partial charge < -0.3 is 21.0 Å². The first-order valence-electron chi connectivity index (χ1n) is 13.5. The van der Waals surface area contributed by atoms with E-state index in [1.807, 2.05) is 6.07 Å². The van der Waals surface area contributed by atoms with E-state index in [1.54, 1.807) is 0 Å². The fourth-order valence-electron chi connectivity index (χ4n) is 5.15. The zero-order chi connectivity index (χ0) is 26.6. The van der Waals surface area contributed by atoms with Crippen LogP contribution < -0.4 is 21.9 Å². The van der Waals surface area contributed by atoms with E-state index in [4.69, 9.17) is 5.73 Å². The Labute approximate surface area is 229 Å². The second-order valence-corrected chi connectivity index (χ2v) is 9.86. The molecule has 1 aliphatic rings. The summed E-state index contributed by atoms with van der Waals surface area (Å²) in [7, 11) is 0. The Kier molecular flexibility index (Phi) is 6.89. The van der Waals surface area contributed by atoms with Gasteiger partial charge in [0.15, 0.2) is 0 Å². The molecular weight excluding hydrogens is 478 g/mol. The average Bonchev–Trinajstić information content (AvgIpc) is 3.63. The average molecular weight is 512 g/mol. The standard InChI is InChI=1S/C34H33N5/c1-24(23-35)36-33(25-11-3-2-4-12-25)34(38-37-27-13-5-6-14-27)26-19-21-28(22-20-26)39-31-17-9-7-15-29(31)30-16-8-10-18-32(30)39/h2-5,7-22,24,36-38H,6,23,35H2,1H3/b34-33-. The number of allylic oxidation sites excluding steroid dienone is 3. The van der Waals surface area contributed by atoms with Gasteiger partial charge in [-0.2, -0.15) is 0 Å². The van der Waals surface area contributed by atoms with Crippen LogP contribution in [-0.4, -0.2) is 17.2 Å². The van der Waals surface area contributed by atoms with Crippen molar-refractivity contribution in [2.75, 3.05) is 6.54 Å². The highest BCUT2D eigenvalue weighted by Gasteiger charge is 2.16. The molecule has 5 aromatic rings. The van der Waals surface area contributed by atoms with Crippen molar-refractivity contribution in [3.63, 3.8) is 0 Å². The number of rotatable bonds is 9. The summed E-state index contributed by atoms with van der Waals surface area (Å²) in [5.41, 5.74) is 21.6. The Hall–Kier alpha value is -4.74. The second-order valence-electron chi connectivity index (χ2n) is 9.86. The minimum absolute atomic E-state index is 0.0967. The molecule has 1 heterocycles. The zero-order valence-corrected chi connectivity index (χ0v) is 22.1. The Balaban J connectivity index is 1.47. The van der Waals surface area contributed by atoms with Crippen LogP contribution in [0.25, 0.3) is 38.9 Å². The van der Waals surface area contributed by atoms with Crippen molar-refractivity contribution in [3.05, 3.63) is 138 Å². The van der Waals surface area contributed by atoms with Gasteiger partial charge in [0.1, 0.15) is 0 Å². The van der Waals surface area contributed by atoms with Gasteiger partial charge >= 0.3 is 0 Å². The second kappa shape index (κ2) is 10.9. The monoisotopic (exact) mass is 511 g/mol. The number of hydrazine groups is 1. The number of para-hydroxylation sites is 2. The Morgan fingerprint density at radius 3 is 2.00 bits per heavy atom. The van der Waals surface area contributed by atoms with Crippen LogP contribution in [0.3, 0.4) is 0 Å². The number of benzene rings is 4. The number of aromatic nitrogens is 1. The van der Waals surface area contributed by atoms with E-state index in [9.17, 15) is 0 Å². The molecule has 0 bridgehead atoms. The van der Waals surface area contributed by atoms with Crippen LogP contribution in [0.15, 0.2) is 127 Å². The molecule has 1 aromatic heterocycles. The third-order valence-corrected chi connectivity index (χ3v) is 7.15. The summed E-state index contributed by atoms with van der Waals surface area (Å²) in [5, 5.41) is 6.17. The van der Waals surface area contributed by atoms with Crippen molar-refractivity contribution >= 4 is 33.2 Å². The van der Waals surface area contributed by atoms with E-state index in [-0.39, 0.29) is 6.04 Å². The van der Waals surface area contributed by atoms with E-state index in [0.29, 0.717) is 6.54 Å². The Morgan fingerprint density at radius 2 is 1.38 bits per heavy atom. The van der Waals surface area contributed by atoms with Crippen LogP contribution in [0.5, 0.6) is 0 Å². The molecule has 5 N–H and O–H groups in total. The first-order chi connectivity index (χ1) is 19.2. The van der Waals surface area contributed by atoms with Crippen molar-refractivity contribution in [1.82, 2.24) is 20.7 Å². The molecule has 0 saturated carbocycles. The minimum atomic E-state index is 0.0967. The smallest absolute Gasteiger partial charge is 0.0849 e. The van der Waals surface area contributed by atoms with Gasteiger partial charge in [-0.25, -0.2) is 0 Å². The first-order valence-corrected chi connectivity index (χ1v) is 13.5. The van der Waals surface area contributed by atoms with E-state index in [1.165, 1.54) is 21.8 Å². The van der Waals surface area contributed by atoms with E-state index >= 15 is 0 Å². The van der Waals surface area contributed by atoms with Crippen LogP contribution >= 0.6 is 0 Å². The van der Waals surface area contributed by atoms with Gasteiger partial charge in [0.05, 0.1) is 22.4 Å². The molecular formula is C34H33N5. The summed E-state index contributed by atoms with van der Waals surface area (Å²) < 4.78 is 2.34. The molecule has 1 aliphatic carbocycles. The summed E-state index contributed by atoms with van der Waals surface area (Å²) in [6.45, 7) is 2.62. The maximum Gasteiger partial charge on any atom is 0.0849 e. The number of hydrogen-bond acceptors (Lipinski definition) is 4. The van der Waals surface area contributed by atoms with E-state index in [2.05, 4.69) is 143 Å². The molecule has 6 rings (SSSR count). The SMILES string of the molecule is CC(CN)N/C(=C(\NNC1=CCC=C1)c1ccc(-n2c3ccccc3c3ccccc32)cc1)c1ccccc1. The van der Waals surface area contributed by atoms with Gasteiger partial charge in [-0.1, -0.05) is 91.0 Å². The molecule has 1 atom stereocenters. The summed E-state index contributed by atoms with van der Waals surface area (Å²) >= 11 is 0. The van der Waals surface area contributed by atoms with Crippen LogP contribution in [0, 0.1) is 0 Å². The van der Waals surface area contributed by atoms with Gasteiger partial charge in [0.2, 0.25) is 0 Å². The lowest BCUT2D eigenvalue weighted by Gasteiger charge is -2.23. The molecule has 194 valence electrons. The number of nitrogens with one attached hydrogen (secondary N) is 3. The fraction of sp³-hybridized carbons (Fsp3) is 0.118. The van der Waals surface area contributed by atoms with E-state index in [0.717, 1.165) is 40.3 Å². The first kappa shape index (κ1) is 24.6. The van der Waals surface area contributed by atoms with Crippen LogP contribution in [-0.2, 0) is 0 Å². The van der Waals surface area contributed by atoms with Crippen molar-refractivity contribution in [2.24, 2.45) is 5.73 Å². The van der Waals surface area contributed by atoms with Gasteiger partial charge in [-0.3, -0.25) is 5.43 Å². The topological polar surface area (TPSA) is 67.0 Å². The van der Waals surface area contributed by atoms with E-state index < -0.39 is 0 Å². The largest absolute Gasteiger partial charge is 0.379 e. The number of nitrogens with zero attached hydrogens (tertiary/aromatic N) is 1. The molecule has 1 unspecified atom stereocenters. The van der Waals surface area contributed by atoms with Crippen molar-refractivity contribution in [3.8, 4) is 5.69 Å². The Morgan fingerprint density at radius 1 is 0.769 bits per heavy atom. The zero-order valence-electron chi connectivity index (χ0n) is 22.1. The normalized spacial score (nSPS) is 14.3. The number of fused-ring (bicyclic) bond motifs is 3. The molecule has 4 aromatic carbocycles. The highest BCUT2D eigenvalue weighted by molar-refractivity contribution is 6.09. The molecule has 0 radical (unpaired) electrons. The maximum atomic E-state index is 6.03. The lowest BCUT2D eigenvalue weighted by molar-refractivity contribution is 0.657. The highest BCUT2D eigenvalue weighted by atomic mass is 15.4. The molecule has 0 fully saturated rings. The highest BCUT2D eigenvalue weighted by Crippen LogP contribution is 2.32. The van der Waals surface area contributed by atoms with Crippen molar-refractivity contribution in [2.45, 2.75) is 19.4 Å². The predicted octanol–water partition coefficient (Wildman–Crippen LogP) is 6.48. The van der Waals surface area contributed by atoms with Gasteiger partial charge in [0, 0.05) is 40.3 Å². The fourth-order valence-corrected chi connectivity index (χ4v) is 5.15. The number of nitrogens with two attached hydrogens (primary N) is 1. The van der Waals surface area contributed by atoms with Crippen LogP contribution in [0.4, 0.5) is 0 Å². The van der Waals surface area contributed by atoms with Gasteiger partial charge in [-0.15, -0.1) is 0 Å². The molecule has 39 heavy (non-hydrogen) atoms. The lowest BCUT2D eigenvalue weighted by Crippen LogP contribution is -2.36. The van der Waals surface area contributed by atoms with Crippen LogP contribution in [0.2, 0.25) is 0 Å².